The van der Waals surface area contributed by atoms with Gasteiger partial charge in [-0.05, 0) is 68.0 Å². The SMILES string of the molecule is CC[C@H]1CCc2c(sc(NC(=O)c3cc(-c4cccc(C)c4)nc4ccc(Br)cc34)c2C(=O)OC)C1. The monoisotopic (exact) mass is 562 g/mol. The van der Waals surface area contributed by atoms with Gasteiger partial charge in [0.15, 0.2) is 0 Å². The Kier molecular flexibility index (Phi) is 6.95. The number of esters is 1. The molecule has 0 saturated carbocycles. The number of hydrogen-bond acceptors (Lipinski definition) is 5. The summed E-state index contributed by atoms with van der Waals surface area (Å²) in [6.45, 7) is 4.23. The van der Waals surface area contributed by atoms with Crippen LogP contribution in [-0.4, -0.2) is 24.0 Å². The summed E-state index contributed by atoms with van der Waals surface area (Å²) in [6, 6.07) is 15.6. The summed E-state index contributed by atoms with van der Waals surface area (Å²) >= 11 is 5.03. The third kappa shape index (κ3) is 4.70. The predicted octanol–water partition coefficient (Wildman–Crippen LogP) is 7.59. The van der Waals surface area contributed by atoms with E-state index >= 15 is 0 Å². The Balaban J connectivity index is 1.60. The van der Waals surface area contributed by atoms with Gasteiger partial charge in [-0.15, -0.1) is 11.3 Å². The van der Waals surface area contributed by atoms with Gasteiger partial charge in [-0.25, -0.2) is 9.78 Å². The van der Waals surface area contributed by atoms with Crippen LogP contribution >= 0.6 is 27.3 Å². The molecule has 2 aromatic heterocycles. The zero-order valence-electron chi connectivity index (χ0n) is 20.5. The number of aromatic nitrogens is 1. The number of amides is 1. The topological polar surface area (TPSA) is 68.3 Å². The molecule has 1 N–H and O–H groups in total. The van der Waals surface area contributed by atoms with Crippen molar-refractivity contribution in [2.75, 3.05) is 12.4 Å². The molecule has 5 nitrogen and oxygen atoms in total. The Bertz CT molecular complexity index is 1490. The summed E-state index contributed by atoms with van der Waals surface area (Å²) in [6.07, 6.45) is 3.90. The molecule has 4 aromatic rings. The lowest BCUT2D eigenvalue weighted by Crippen LogP contribution is -2.17. The Labute approximate surface area is 223 Å². The van der Waals surface area contributed by atoms with Crippen LogP contribution in [0.4, 0.5) is 5.00 Å². The summed E-state index contributed by atoms with van der Waals surface area (Å²) in [5, 5.41) is 4.37. The van der Waals surface area contributed by atoms with E-state index in [0.29, 0.717) is 22.0 Å². The maximum Gasteiger partial charge on any atom is 0.341 e. The van der Waals surface area contributed by atoms with E-state index in [1.807, 2.05) is 49.4 Å². The van der Waals surface area contributed by atoms with E-state index in [2.05, 4.69) is 34.2 Å². The molecule has 1 amide bonds. The Morgan fingerprint density at radius 3 is 2.78 bits per heavy atom. The van der Waals surface area contributed by atoms with Crippen LogP contribution in [0.3, 0.4) is 0 Å². The molecule has 5 rings (SSSR count). The Morgan fingerprint density at radius 2 is 2.03 bits per heavy atom. The summed E-state index contributed by atoms with van der Waals surface area (Å²) < 4.78 is 5.98. The summed E-state index contributed by atoms with van der Waals surface area (Å²) in [4.78, 5) is 32.6. The lowest BCUT2D eigenvalue weighted by Gasteiger charge is -2.20. The van der Waals surface area contributed by atoms with E-state index in [9.17, 15) is 9.59 Å². The van der Waals surface area contributed by atoms with Crippen LogP contribution < -0.4 is 5.32 Å². The van der Waals surface area contributed by atoms with Crippen molar-refractivity contribution in [3.05, 3.63) is 80.1 Å². The van der Waals surface area contributed by atoms with Crippen LogP contribution in [0.5, 0.6) is 0 Å². The zero-order chi connectivity index (χ0) is 25.4. The molecule has 1 atom stereocenters. The van der Waals surface area contributed by atoms with Crippen LogP contribution in [-0.2, 0) is 17.6 Å². The Hall–Kier alpha value is -3.03. The maximum absolute atomic E-state index is 13.8. The Morgan fingerprint density at radius 1 is 1.19 bits per heavy atom. The summed E-state index contributed by atoms with van der Waals surface area (Å²) in [5.74, 6) is -0.0747. The number of carbonyl (C=O) groups is 2. The van der Waals surface area contributed by atoms with Crippen LogP contribution in [0.1, 0.15) is 56.5 Å². The lowest BCUT2D eigenvalue weighted by atomic mass is 9.85. The molecule has 0 spiro atoms. The molecule has 2 heterocycles. The number of aryl methyl sites for hydroxylation is 1. The molecule has 0 saturated heterocycles. The minimum absolute atomic E-state index is 0.273. The molecule has 0 radical (unpaired) electrons. The first-order valence-corrected chi connectivity index (χ1v) is 13.7. The molecule has 184 valence electrons. The van der Waals surface area contributed by atoms with E-state index in [-0.39, 0.29) is 5.91 Å². The third-order valence-corrected chi connectivity index (χ3v) is 8.55. The number of ether oxygens (including phenoxy) is 1. The fraction of sp³-hybridized carbons (Fsp3) is 0.276. The molecule has 36 heavy (non-hydrogen) atoms. The minimum Gasteiger partial charge on any atom is -0.465 e. The number of carbonyl (C=O) groups excluding carboxylic acids is 2. The summed E-state index contributed by atoms with van der Waals surface area (Å²) in [7, 11) is 1.39. The highest BCUT2D eigenvalue weighted by Gasteiger charge is 2.30. The first-order chi connectivity index (χ1) is 17.4. The maximum atomic E-state index is 13.8. The second-order valence-corrected chi connectivity index (χ2v) is 11.3. The quantitative estimate of drug-likeness (QED) is 0.254. The molecular formula is C29H27BrN2O3S. The number of hydrogen-bond donors (Lipinski definition) is 1. The van der Waals surface area contributed by atoms with Crippen LogP contribution in [0.25, 0.3) is 22.2 Å². The number of benzene rings is 2. The van der Waals surface area contributed by atoms with Gasteiger partial charge in [0, 0.05) is 20.3 Å². The van der Waals surface area contributed by atoms with Crippen molar-refractivity contribution in [3.8, 4) is 11.3 Å². The molecule has 0 fully saturated rings. The van der Waals surface area contributed by atoms with Gasteiger partial charge in [0.05, 0.1) is 29.4 Å². The van der Waals surface area contributed by atoms with E-state index < -0.39 is 5.97 Å². The fourth-order valence-corrected chi connectivity index (χ4v) is 6.62. The fourth-order valence-electron chi connectivity index (χ4n) is 4.92. The smallest absolute Gasteiger partial charge is 0.341 e. The standard InChI is InChI=1S/C29H27BrN2O3S/c1-4-17-8-10-20-25(13-17)36-28(26(20)29(34)35-3)32-27(33)22-15-24(18-7-5-6-16(2)12-18)31-23-11-9-19(30)14-21(22)23/h5-7,9,11-12,14-15,17H,4,8,10,13H2,1-3H3,(H,32,33)/t17-/m0/s1. The second-order valence-electron chi connectivity index (χ2n) is 9.26. The number of rotatable bonds is 5. The van der Waals surface area contributed by atoms with E-state index in [0.717, 1.165) is 63.4 Å². The van der Waals surface area contributed by atoms with Gasteiger partial charge < -0.3 is 10.1 Å². The number of fused-ring (bicyclic) bond motifs is 2. The van der Waals surface area contributed by atoms with Crippen molar-refractivity contribution >= 4 is 55.0 Å². The lowest BCUT2D eigenvalue weighted by molar-refractivity contribution is 0.0601. The van der Waals surface area contributed by atoms with Crippen molar-refractivity contribution in [2.45, 2.75) is 39.5 Å². The van der Waals surface area contributed by atoms with E-state index in [1.165, 1.54) is 23.3 Å². The number of methoxy groups -OCH3 is 1. The molecule has 0 unspecified atom stereocenters. The van der Waals surface area contributed by atoms with Gasteiger partial charge in [0.25, 0.3) is 5.91 Å². The molecule has 7 heteroatoms. The number of nitrogens with zero attached hydrogens (tertiary/aromatic N) is 1. The van der Waals surface area contributed by atoms with Crippen molar-refractivity contribution in [2.24, 2.45) is 5.92 Å². The number of anilines is 1. The van der Waals surface area contributed by atoms with Crippen molar-refractivity contribution in [1.82, 2.24) is 4.98 Å². The first-order valence-electron chi connectivity index (χ1n) is 12.1. The predicted molar refractivity (Wildman–Crippen MR) is 149 cm³/mol. The van der Waals surface area contributed by atoms with E-state index in [4.69, 9.17) is 9.72 Å². The highest BCUT2D eigenvalue weighted by Crippen LogP contribution is 2.41. The van der Waals surface area contributed by atoms with Crippen LogP contribution in [0, 0.1) is 12.8 Å². The van der Waals surface area contributed by atoms with Crippen molar-refractivity contribution in [3.63, 3.8) is 0 Å². The van der Waals surface area contributed by atoms with Gasteiger partial charge in [-0.2, -0.15) is 0 Å². The molecule has 2 aromatic carbocycles. The van der Waals surface area contributed by atoms with Crippen LogP contribution in [0.2, 0.25) is 0 Å². The van der Waals surface area contributed by atoms with E-state index in [1.54, 1.807) is 0 Å². The van der Waals surface area contributed by atoms with Gasteiger partial charge in [0.1, 0.15) is 5.00 Å². The highest BCUT2D eigenvalue weighted by molar-refractivity contribution is 9.10. The molecule has 1 aliphatic carbocycles. The number of thiophene rings is 1. The third-order valence-electron chi connectivity index (χ3n) is 6.89. The average Bonchev–Trinajstić information content (AvgIpc) is 3.24. The normalized spacial score (nSPS) is 14.9. The zero-order valence-corrected chi connectivity index (χ0v) is 22.9. The van der Waals surface area contributed by atoms with Crippen LogP contribution in [0.15, 0.2) is 53.0 Å². The second kappa shape index (κ2) is 10.1. The van der Waals surface area contributed by atoms with Gasteiger partial charge in [-0.3, -0.25) is 4.79 Å². The minimum atomic E-state index is -0.402. The van der Waals surface area contributed by atoms with Crippen molar-refractivity contribution in [1.29, 1.82) is 0 Å². The molecule has 0 aliphatic heterocycles. The highest BCUT2D eigenvalue weighted by atomic mass is 79.9. The van der Waals surface area contributed by atoms with Gasteiger partial charge in [-0.1, -0.05) is 53.0 Å². The number of pyridine rings is 1. The molecule has 1 aliphatic rings. The first kappa shape index (κ1) is 24.7. The largest absolute Gasteiger partial charge is 0.465 e. The molecule has 0 bridgehead atoms. The molecular weight excluding hydrogens is 536 g/mol. The average molecular weight is 564 g/mol. The summed E-state index contributed by atoms with van der Waals surface area (Å²) in [5.41, 5.74) is 5.55. The number of nitrogens with one attached hydrogen (secondary N) is 1. The number of halogens is 1. The van der Waals surface area contributed by atoms with Gasteiger partial charge >= 0.3 is 5.97 Å². The van der Waals surface area contributed by atoms with Crippen molar-refractivity contribution < 1.29 is 14.3 Å². The van der Waals surface area contributed by atoms with Gasteiger partial charge in [0.2, 0.25) is 0 Å².